The Morgan fingerprint density at radius 1 is 0.935 bits per heavy atom. The number of esters is 2. The number of ether oxygens (including phenoxy) is 2. The maximum absolute atomic E-state index is 11.8. The lowest BCUT2D eigenvalue weighted by atomic mass is 10.1. The maximum Gasteiger partial charge on any atom is 0.382 e. The molecule has 0 aliphatic rings. The van der Waals surface area contributed by atoms with Crippen LogP contribution in [0.15, 0.2) is 53.4 Å². The molecule has 0 saturated heterocycles. The Morgan fingerprint density at radius 3 is 2.29 bits per heavy atom. The van der Waals surface area contributed by atoms with Gasteiger partial charge >= 0.3 is 20.5 Å². The maximum atomic E-state index is 11.8. The van der Waals surface area contributed by atoms with Gasteiger partial charge in [0.05, 0.1) is 13.2 Å². The van der Waals surface area contributed by atoms with Gasteiger partial charge in [-0.2, -0.15) is 0 Å². The highest BCUT2D eigenvalue weighted by molar-refractivity contribution is 7.98. The molecule has 0 unspecified atom stereocenters. The number of nitrogens with one attached hydrogen (secondary N) is 1. The normalized spacial score (nSPS) is 11.5. The van der Waals surface area contributed by atoms with Gasteiger partial charge in [-0.25, -0.2) is 5.09 Å². The van der Waals surface area contributed by atoms with E-state index < -0.39 is 14.5 Å². The van der Waals surface area contributed by atoms with E-state index in [9.17, 15) is 9.59 Å². The lowest BCUT2D eigenvalue weighted by Gasteiger charge is -2.20. The van der Waals surface area contributed by atoms with Crippen molar-refractivity contribution in [1.82, 2.24) is 5.09 Å². The molecule has 0 bridgehead atoms. The highest BCUT2D eigenvalue weighted by Gasteiger charge is 2.19. The summed E-state index contributed by atoms with van der Waals surface area (Å²) in [6.45, 7) is 4.13. The van der Waals surface area contributed by atoms with Crippen molar-refractivity contribution in [2.24, 2.45) is 0 Å². The number of thioether (sulfide) groups is 1. The molecule has 1 atom stereocenters. The number of carbonyl (C=O) groups excluding carboxylic acids is 2. The summed E-state index contributed by atoms with van der Waals surface area (Å²) in [5.74, 6) is 0.542. The molecule has 0 fully saturated rings. The number of rotatable bonds is 13. The zero-order valence-corrected chi connectivity index (χ0v) is 19.7. The van der Waals surface area contributed by atoms with E-state index in [1.807, 2.05) is 54.8 Å². The molecule has 0 aliphatic carbocycles. The molecule has 1 N–H and O–H groups in total. The van der Waals surface area contributed by atoms with E-state index in [1.165, 1.54) is 0 Å². The van der Waals surface area contributed by atoms with E-state index in [2.05, 4.69) is 5.09 Å². The van der Waals surface area contributed by atoms with E-state index in [4.69, 9.17) is 18.5 Å². The third kappa shape index (κ3) is 9.17. The van der Waals surface area contributed by atoms with Crippen molar-refractivity contribution in [2.45, 2.75) is 31.6 Å². The van der Waals surface area contributed by atoms with Crippen LogP contribution in [0.2, 0.25) is 0 Å². The van der Waals surface area contributed by atoms with Crippen LogP contribution in [0.25, 0.3) is 0 Å². The van der Waals surface area contributed by atoms with Gasteiger partial charge in [0.15, 0.2) is 0 Å². The molecular weight excluding hydrogens is 437 g/mol. The fourth-order valence-corrected chi connectivity index (χ4v) is 4.02. The Balaban J connectivity index is 2.11. The summed E-state index contributed by atoms with van der Waals surface area (Å²) in [5.41, 5.74) is 0.849. The summed E-state index contributed by atoms with van der Waals surface area (Å²) in [6.07, 6.45) is 2.72. The largest absolute Gasteiger partial charge is 0.466 e. The molecule has 0 aromatic heterocycles. The van der Waals surface area contributed by atoms with Crippen LogP contribution in [0.4, 0.5) is 0 Å². The zero-order chi connectivity index (χ0) is 22.5. The molecule has 31 heavy (non-hydrogen) atoms. The van der Waals surface area contributed by atoms with E-state index in [0.717, 1.165) is 10.5 Å². The Kier molecular flexibility index (Phi) is 11.2. The molecule has 168 valence electrons. The predicted molar refractivity (Wildman–Crippen MR) is 122 cm³/mol. The van der Waals surface area contributed by atoms with Crippen molar-refractivity contribution >= 4 is 32.2 Å². The SMILES string of the molecule is CCOC(=O)CCc1ccccc1O[P@@](NCC(=O)OCC)Oc1ccc(SC)cc1. The Bertz CT molecular complexity index is 833. The highest BCUT2D eigenvalue weighted by atomic mass is 32.2. The van der Waals surface area contributed by atoms with Gasteiger partial charge in [0.25, 0.3) is 0 Å². The molecule has 7 nitrogen and oxygen atoms in total. The van der Waals surface area contributed by atoms with Crippen molar-refractivity contribution in [3.63, 3.8) is 0 Å². The average molecular weight is 466 g/mol. The molecule has 0 amide bonds. The third-order valence-corrected chi connectivity index (χ3v) is 5.86. The van der Waals surface area contributed by atoms with Crippen molar-refractivity contribution in [3.05, 3.63) is 54.1 Å². The van der Waals surface area contributed by atoms with E-state index in [0.29, 0.717) is 31.1 Å². The van der Waals surface area contributed by atoms with Gasteiger partial charge in [-0.1, -0.05) is 18.2 Å². The van der Waals surface area contributed by atoms with Crippen LogP contribution in [0, 0.1) is 0 Å². The minimum absolute atomic E-state index is 0.0482. The first-order valence-corrected chi connectivity index (χ1v) is 12.4. The number of benzene rings is 2. The Morgan fingerprint density at radius 2 is 1.61 bits per heavy atom. The smallest absolute Gasteiger partial charge is 0.382 e. The van der Waals surface area contributed by atoms with Crippen LogP contribution in [-0.4, -0.2) is 38.0 Å². The lowest BCUT2D eigenvalue weighted by Crippen LogP contribution is -2.24. The Labute approximate surface area is 188 Å². The third-order valence-electron chi connectivity index (χ3n) is 3.96. The topological polar surface area (TPSA) is 83.1 Å². The number of hydrogen-bond donors (Lipinski definition) is 1. The van der Waals surface area contributed by atoms with Gasteiger partial charge in [0.2, 0.25) is 0 Å². The summed E-state index contributed by atoms with van der Waals surface area (Å²) >= 11 is 1.64. The van der Waals surface area contributed by atoms with Gasteiger partial charge in [0, 0.05) is 11.3 Å². The van der Waals surface area contributed by atoms with Crippen LogP contribution < -0.4 is 14.1 Å². The minimum atomic E-state index is -1.69. The molecule has 0 saturated carbocycles. The van der Waals surface area contributed by atoms with Crippen LogP contribution in [0.1, 0.15) is 25.8 Å². The molecule has 2 aromatic carbocycles. The minimum Gasteiger partial charge on any atom is -0.466 e. The molecule has 0 radical (unpaired) electrons. The fourth-order valence-electron chi connectivity index (χ4n) is 2.52. The average Bonchev–Trinajstić information content (AvgIpc) is 2.78. The summed E-state index contributed by atoms with van der Waals surface area (Å²) in [6, 6.07) is 15.0. The van der Waals surface area contributed by atoms with E-state index in [1.54, 1.807) is 25.6 Å². The van der Waals surface area contributed by atoms with E-state index in [-0.39, 0.29) is 18.9 Å². The number of hydrogen-bond acceptors (Lipinski definition) is 8. The molecular formula is C22H28NO6PS. The van der Waals surface area contributed by atoms with Gasteiger partial charge < -0.3 is 18.5 Å². The van der Waals surface area contributed by atoms with Gasteiger partial charge in [0.1, 0.15) is 18.0 Å². The summed E-state index contributed by atoms with van der Waals surface area (Å²) in [7, 11) is -1.69. The monoisotopic (exact) mass is 465 g/mol. The van der Waals surface area contributed by atoms with E-state index >= 15 is 0 Å². The molecule has 0 spiro atoms. The second-order valence-electron chi connectivity index (χ2n) is 6.17. The summed E-state index contributed by atoms with van der Waals surface area (Å²) in [4.78, 5) is 24.6. The lowest BCUT2D eigenvalue weighted by molar-refractivity contribution is -0.143. The van der Waals surface area contributed by atoms with Gasteiger partial charge in [-0.3, -0.25) is 9.59 Å². The highest BCUT2D eigenvalue weighted by Crippen LogP contribution is 2.38. The zero-order valence-electron chi connectivity index (χ0n) is 18.0. The summed E-state index contributed by atoms with van der Waals surface area (Å²) in [5, 5.41) is 2.99. The van der Waals surface area contributed by atoms with Crippen molar-refractivity contribution in [2.75, 3.05) is 26.0 Å². The fraction of sp³-hybridized carbons (Fsp3) is 0.364. The predicted octanol–water partition coefficient (Wildman–Crippen LogP) is 4.74. The van der Waals surface area contributed by atoms with Crippen molar-refractivity contribution in [1.29, 1.82) is 0 Å². The standard InChI is InChI=1S/C22H28NO6PS/c1-4-26-21(24)15-10-17-8-6-7-9-20(17)29-30(23-16-22(25)27-5-2)28-18-11-13-19(31-3)14-12-18/h6-9,11-14,23H,4-5,10,15-16H2,1-3H3/t30-/m0/s1. The molecule has 2 aromatic rings. The molecule has 0 aliphatic heterocycles. The van der Waals surface area contributed by atoms with Crippen LogP contribution >= 0.6 is 20.3 Å². The van der Waals surface area contributed by atoms with Crippen LogP contribution in [-0.2, 0) is 25.5 Å². The second-order valence-corrected chi connectivity index (χ2v) is 8.24. The van der Waals surface area contributed by atoms with Gasteiger partial charge in [-0.15, -0.1) is 11.8 Å². The van der Waals surface area contributed by atoms with Gasteiger partial charge in [-0.05, 0) is 62.4 Å². The second kappa shape index (κ2) is 13.9. The molecule has 9 heteroatoms. The Hall–Kier alpha value is -2.28. The van der Waals surface area contributed by atoms with Crippen LogP contribution in [0.3, 0.4) is 0 Å². The number of para-hydroxylation sites is 1. The molecule has 0 heterocycles. The number of carbonyl (C=O) groups is 2. The quantitative estimate of drug-likeness (QED) is 0.258. The van der Waals surface area contributed by atoms with Crippen LogP contribution in [0.5, 0.6) is 11.5 Å². The summed E-state index contributed by atoms with van der Waals surface area (Å²) < 4.78 is 22.1. The molecule has 2 rings (SSSR count). The first-order chi connectivity index (χ1) is 15.0. The number of aryl methyl sites for hydroxylation is 1. The van der Waals surface area contributed by atoms with Crippen molar-refractivity contribution in [3.8, 4) is 11.5 Å². The first kappa shape index (κ1) is 25.0. The van der Waals surface area contributed by atoms with Crippen molar-refractivity contribution < 1.29 is 28.1 Å². The first-order valence-electron chi connectivity index (χ1n) is 9.98.